The summed E-state index contributed by atoms with van der Waals surface area (Å²) in [6.07, 6.45) is 1.90. The number of nitro groups is 1. The smallest absolute Gasteiger partial charge is 0.333 e. The Hall–Kier alpha value is -2.70. The Morgan fingerprint density at radius 2 is 1.92 bits per heavy atom. The number of carbonyl (C=O) groups is 2. The standard InChI is InChI=1S/C17H21NO6/c1-6-11(15(19)23-5)9-12-7-8-13(18(21)22)10-14(12)24-16(20)17(2,3)4/h7-10H,6H2,1-5H3. The molecule has 130 valence electrons. The summed E-state index contributed by atoms with van der Waals surface area (Å²) in [6.45, 7) is 6.80. The van der Waals surface area contributed by atoms with Gasteiger partial charge in [0.05, 0.1) is 23.5 Å². The average molecular weight is 335 g/mol. The van der Waals surface area contributed by atoms with Gasteiger partial charge < -0.3 is 9.47 Å². The van der Waals surface area contributed by atoms with Gasteiger partial charge in [0.25, 0.3) is 5.69 Å². The Morgan fingerprint density at radius 1 is 1.29 bits per heavy atom. The fraction of sp³-hybridized carbons (Fsp3) is 0.412. The molecule has 7 nitrogen and oxygen atoms in total. The predicted octanol–water partition coefficient (Wildman–Crippen LogP) is 3.51. The van der Waals surface area contributed by atoms with Crippen LogP contribution in [0.1, 0.15) is 39.7 Å². The van der Waals surface area contributed by atoms with Gasteiger partial charge in [-0.05, 0) is 39.3 Å². The van der Waals surface area contributed by atoms with Crippen LogP contribution >= 0.6 is 0 Å². The molecular formula is C17H21NO6. The van der Waals surface area contributed by atoms with Crippen LogP contribution in [0.4, 0.5) is 5.69 Å². The minimum absolute atomic E-state index is 0.0268. The molecule has 0 aromatic heterocycles. The van der Waals surface area contributed by atoms with E-state index in [0.29, 0.717) is 17.6 Å². The van der Waals surface area contributed by atoms with Crippen LogP contribution in [0.2, 0.25) is 0 Å². The maximum Gasteiger partial charge on any atom is 0.333 e. The van der Waals surface area contributed by atoms with Crippen molar-refractivity contribution >= 4 is 23.7 Å². The summed E-state index contributed by atoms with van der Waals surface area (Å²) in [7, 11) is 1.27. The minimum Gasteiger partial charge on any atom is -0.466 e. The molecule has 1 rings (SSSR count). The second-order valence-corrected chi connectivity index (χ2v) is 6.13. The summed E-state index contributed by atoms with van der Waals surface area (Å²) in [5, 5.41) is 11.0. The van der Waals surface area contributed by atoms with E-state index < -0.39 is 22.3 Å². The van der Waals surface area contributed by atoms with Gasteiger partial charge in [0.2, 0.25) is 0 Å². The number of ether oxygens (including phenoxy) is 2. The first-order chi connectivity index (χ1) is 11.1. The normalized spacial score (nSPS) is 11.8. The highest BCUT2D eigenvalue weighted by Gasteiger charge is 2.25. The minimum atomic E-state index is -0.776. The zero-order valence-electron chi connectivity index (χ0n) is 14.4. The number of benzene rings is 1. The van der Waals surface area contributed by atoms with Gasteiger partial charge in [-0.15, -0.1) is 0 Å². The Kier molecular flexibility index (Phi) is 6.22. The number of rotatable bonds is 5. The lowest BCUT2D eigenvalue weighted by Crippen LogP contribution is -2.25. The molecule has 0 aliphatic carbocycles. The summed E-state index contributed by atoms with van der Waals surface area (Å²) in [5.74, 6) is -1.02. The van der Waals surface area contributed by atoms with Crippen molar-refractivity contribution in [2.24, 2.45) is 5.41 Å². The van der Waals surface area contributed by atoms with Crippen LogP contribution < -0.4 is 4.74 Å². The first-order valence-corrected chi connectivity index (χ1v) is 7.39. The van der Waals surface area contributed by atoms with Crippen LogP contribution in [0, 0.1) is 15.5 Å². The second-order valence-electron chi connectivity index (χ2n) is 6.13. The topological polar surface area (TPSA) is 95.7 Å². The van der Waals surface area contributed by atoms with Crippen LogP contribution in [0.15, 0.2) is 23.8 Å². The Morgan fingerprint density at radius 3 is 2.38 bits per heavy atom. The monoisotopic (exact) mass is 335 g/mol. The van der Waals surface area contributed by atoms with Crippen molar-refractivity contribution in [1.82, 2.24) is 0 Å². The second kappa shape index (κ2) is 7.72. The summed E-state index contributed by atoms with van der Waals surface area (Å²) >= 11 is 0. The SMILES string of the molecule is CCC(=Cc1ccc([N+](=O)[O-])cc1OC(=O)C(C)(C)C)C(=O)OC. The molecule has 0 N–H and O–H groups in total. The molecule has 0 atom stereocenters. The van der Waals surface area contributed by atoms with Gasteiger partial charge in [-0.1, -0.05) is 6.92 Å². The number of hydrogen-bond acceptors (Lipinski definition) is 6. The molecule has 1 aromatic carbocycles. The summed E-state index contributed by atoms with van der Waals surface area (Å²) in [5.41, 5.74) is -0.235. The van der Waals surface area contributed by atoms with Crippen molar-refractivity contribution in [3.63, 3.8) is 0 Å². The molecule has 0 bridgehead atoms. The van der Waals surface area contributed by atoms with E-state index >= 15 is 0 Å². The van der Waals surface area contributed by atoms with E-state index in [4.69, 9.17) is 4.74 Å². The molecule has 7 heteroatoms. The fourth-order valence-corrected chi connectivity index (χ4v) is 1.72. The molecule has 0 aliphatic rings. The molecule has 0 fully saturated rings. The first-order valence-electron chi connectivity index (χ1n) is 7.39. The predicted molar refractivity (Wildman–Crippen MR) is 88.5 cm³/mol. The number of nitro benzene ring substituents is 1. The maximum absolute atomic E-state index is 12.1. The van der Waals surface area contributed by atoms with Crippen LogP contribution in [0.3, 0.4) is 0 Å². The van der Waals surface area contributed by atoms with Crippen molar-refractivity contribution in [2.45, 2.75) is 34.1 Å². The lowest BCUT2D eigenvalue weighted by Gasteiger charge is -2.17. The number of hydrogen-bond donors (Lipinski definition) is 0. The number of methoxy groups -OCH3 is 1. The maximum atomic E-state index is 12.1. The lowest BCUT2D eigenvalue weighted by atomic mass is 9.97. The van der Waals surface area contributed by atoms with E-state index in [2.05, 4.69) is 4.74 Å². The number of carbonyl (C=O) groups excluding carboxylic acids is 2. The molecule has 0 heterocycles. The van der Waals surface area contributed by atoms with Gasteiger partial charge in [0.15, 0.2) is 0 Å². The number of esters is 2. The molecule has 0 saturated carbocycles. The molecule has 0 radical (unpaired) electrons. The van der Waals surface area contributed by atoms with E-state index in [-0.39, 0.29) is 11.4 Å². The number of nitrogens with zero attached hydrogens (tertiary/aromatic N) is 1. The Bertz CT molecular complexity index is 685. The highest BCUT2D eigenvalue weighted by molar-refractivity contribution is 5.94. The largest absolute Gasteiger partial charge is 0.466 e. The van der Waals surface area contributed by atoms with Gasteiger partial charge in [0, 0.05) is 17.2 Å². The van der Waals surface area contributed by atoms with E-state index in [9.17, 15) is 19.7 Å². The molecule has 0 saturated heterocycles. The Labute approximate surface area is 140 Å². The third-order valence-electron chi connectivity index (χ3n) is 3.18. The van der Waals surface area contributed by atoms with E-state index in [1.807, 2.05) is 0 Å². The third-order valence-corrected chi connectivity index (χ3v) is 3.18. The van der Waals surface area contributed by atoms with Crippen LogP contribution in [0.25, 0.3) is 6.08 Å². The van der Waals surface area contributed by atoms with Gasteiger partial charge in [-0.2, -0.15) is 0 Å². The van der Waals surface area contributed by atoms with E-state index in [0.717, 1.165) is 0 Å². The number of non-ortho nitro benzene ring substituents is 1. The molecule has 0 spiro atoms. The molecule has 1 aromatic rings. The van der Waals surface area contributed by atoms with Gasteiger partial charge in [-0.25, -0.2) is 4.79 Å². The van der Waals surface area contributed by atoms with Crippen molar-refractivity contribution in [1.29, 1.82) is 0 Å². The highest BCUT2D eigenvalue weighted by atomic mass is 16.6. The highest BCUT2D eigenvalue weighted by Crippen LogP contribution is 2.29. The van der Waals surface area contributed by atoms with Crippen LogP contribution in [0.5, 0.6) is 5.75 Å². The summed E-state index contributed by atoms with van der Waals surface area (Å²) < 4.78 is 10.0. The fourth-order valence-electron chi connectivity index (χ4n) is 1.72. The summed E-state index contributed by atoms with van der Waals surface area (Å²) in [4.78, 5) is 34.2. The molecule has 0 amide bonds. The van der Waals surface area contributed by atoms with Crippen LogP contribution in [-0.2, 0) is 14.3 Å². The van der Waals surface area contributed by atoms with E-state index in [1.54, 1.807) is 27.7 Å². The quantitative estimate of drug-likeness (QED) is 0.269. The van der Waals surface area contributed by atoms with Crippen molar-refractivity contribution in [3.05, 3.63) is 39.4 Å². The third kappa shape index (κ3) is 4.91. The van der Waals surface area contributed by atoms with Crippen molar-refractivity contribution < 1.29 is 24.0 Å². The first kappa shape index (κ1) is 19.3. The average Bonchev–Trinajstić information content (AvgIpc) is 2.51. The van der Waals surface area contributed by atoms with Gasteiger partial charge >= 0.3 is 11.9 Å². The zero-order chi connectivity index (χ0) is 18.5. The van der Waals surface area contributed by atoms with E-state index in [1.165, 1.54) is 31.4 Å². The molecule has 0 unspecified atom stereocenters. The van der Waals surface area contributed by atoms with Crippen molar-refractivity contribution in [2.75, 3.05) is 7.11 Å². The zero-order valence-corrected chi connectivity index (χ0v) is 14.4. The van der Waals surface area contributed by atoms with Gasteiger partial charge in [-0.3, -0.25) is 14.9 Å². The molecular weight excluding hydrogens is 314 g/mol. The molecule has 24 heavy (non-hydrogen) atoms. The Balaban J connectivity index is 3.38. The lowest BCUT2D eigenvalue weighted by molar-refractivity contribution is -0.384. The van der Waals surface area contributed by atoms with Gasteiger partial charge in [0.1, 0.15) is 5.75 Å². The summed E-state index contributed by atoms with van der Waals surface area (Å²) in [6, 6.07) is 3.88. The van der Waals surface area contributed by atoms with Crippen LogP contribution in [-0.4, -0.2) is 24.0 Å². The van der Waals surface area contributed by atoms with Crippen molar-refractivity contribution in [3.8, 4) is 5.75 Å². The molecule has 0 aliphatic heterocycles.